The predicted molar refractivity (Wildman–Crippen MR) is 88.9 cm³/mol. The number of nitrogens with two attached hydrogens (primary N) is 1. The predicted octanol–water partition coefficient (Wildman–Crippen LogP) is 2.43. The Bertz CT molecular complexity index is 433. The molecule has 1 aliphatic heterocycles. The topological polar surface area (TPSA) is 32.5 Å². The summed E-state index contributed by atoms with van der Waals surface area (Å²) in [6.07, 6.45) is 3.29. The molecular formula is C16H25N3S. The van der Waals surface area contributed by atoms with Crippen molar-refractivity contribution in [1.82, 2.24) is 9.80 Å². The molecule has 1 saturated heterocycles. The molecule has 0 aliphatic carbocycles. The van der Waals surface area contributed by atoms with Crippen LogP contribution in [0, 0.1) is 0 Å². The lowest BCUT2D eigenvalue weighted by Crippen LogP contribution is -2.40. The zero-order valence-electron chi connectivity index (χ0n) is 12.5. The maximum Gasteiger partial charge on any atom is 0.0746 e. The molecule has 110 valence electrons. The van der Waals surface area contributed by atoms with Gasteiger partial charge in [0.15, 0.2) is 0 Å². The Labute approximate surface area is 127 Å². The summed E-state index contributed by atoms with van der Waals surface area (Å²) in [5.74, 6) is 0. The van der Waals surface area contributed by atoms with Gasteiger partial charge >= 0.3 is 0 Å². The lowest BCUT2D eigenvalue weighted by molar-refractivity contribution is 0.155. The van der Waals surface area contributed by atoms with Gasteiger partial charge in [-0.05, 0) is 39.0 Å². The molecule has 0 bridgehead atoms. The number of hydrogen-bond acceptors (Lipinski definition) is 3. The van der Waals surface area contributed by atoms with Gasteiger partial charge in [0.25, 0.3) is 0 Å². The van der Waals surface area contributed by atoms with E-state index in [1.54, 1.807) is 0 Å². The third-order valence-electron chi connectivity index (χ3n) is 3.98. The van der Waals surface area contributed by atoms with Crippen molar-refractivity contribution in [2.75, 3.05) is 27.2 Å². The maximum atomic E-state index is 5.84. The number of nitrogens with zero attached hydrogens (tertiary/aromatic N) is 2. The van der Waals surface area contributed by atoms with Crippen molar-refractivity contribution >= 4 is 17.2 Å². The van der Waals surface area contributed by atoms with Gasteiger partial charge in [-0.15, -0.1) is 0 Å². The third kappa shape index (κ3) is 4.01. The number of hydrogen-bond donors (Lipinski definition) is 1. The van der Waals surface area contributed by atoms with Crippen LogP contribution in [-0.4, -0.2) is 48.0 Å². The molecule has 2 N–H and O–H groups in total. The van der Waals surface area contributed by atoms with E-state index >= 15 is 0 Å². The van der Waals surface area contributed by atoms with Crippen LogP contribution >= 0.6 is 12.2 Å². The van der Waals surface area contributed by atoms with Crippen molar-refractivity contribution < 1.29 is 0 Å². The van der Waals surface area contributed by atoms with E-state index in [1.807, 2.05) is 0 Å². The Hall–Kier alpha value is -0.970. The Morgan fingerprint density at radius 2 is 2.10 bits per heavy atom. The van der Waals surface area contributed by atoms with Crippen LogP contribution in [0.5, 0.6) is 0 Å². The van der Waals surface area contributed by atoms with Gasteiger partial charge in [0, 0.05) is 25.0 Å². The van der Waals surface area contributed by atoms with Crippen LogP contribution in [0.25, 0.3) is 0 Å². The average molecular weight is 291 g/mol. The largest absolute Gasteiger partial charge is 0.393 e. The summed E-state index contributed by atoms with van der Waals surface area (Å²) in [4.78, 5) is 5.47. The molecule has 1 heterocycles. The fourth-order valence-corrected chi connectivity index (χ4v) is 3.34. The van der Waals surface area contributed by atoms with Crippen molar-refractivity contribution in [2.24, 2.45) is 5.73 Å². The summed E-state index contributed by atoms with van der Waals surface area (Å²) in [5.41, 5.74) is 7.16. The van der Waals surface area contributed by atoms with Gasteiger partial charge in [-0.1, -0.05) is 42.5 Å². The molecule has 0 aromatic heterocycles. The highest BCUT2D eigenvalue weighted by atomic mass is 32.1. The number of likely N-dealkylation sites (tertiary alicyclic amines) is 1. The van der Waals surface area contributed by atoms with E-state index in [0.717, 1.165) is 19.5 Å². The lowest BCUT2D eigenvalue weighted by atomic mass is 10.0. The first kappa shape index (κ1) is 15.4. The molecule has 0 radical (unpaired) electrons. The van der Waals surface area contributed by atoms with Crippen molar-refractivity contribution in [2.45, 2.75) is 31.3 Å². The van der Waals surface area contributed by atoms with Gasteiger partial charge in [0.2, 0.25) is 0 Å². The fourth-order valence-electron chi connectivity index (χ4n) is 3.18. The van der Waals surface area contributed by atoms with Crippen LogP contribution in [0.3, 0.4) is 0 Å². The summed E-state index contributed by atoms with van der Waals surface area (Å²) in [6, 6.07) is 11.5. The van der Waals surface area contributed by atoms with Crippen LogP contribution in [0.15, 0.2) is 30.3 Å². The van der Waals surface area contributed by atoms with Crippen molar-refractivity contribution in [3.8, 4) is 0 Å². The first-order chi connectivity index (χ1) is 9.58. The standard InChI is InChI=1S/C16H25N3S/c1-18(2)12-14-9-6-10-19(14)15(11-16(17)20)13-7-4-3-5-8-13/h3-5,7-8,14-15H,6,9-12H2,1-2H3,(H2,17,20). The van der Waals surface area contributed by atoms with Gasteiger partial charge in [-0.25, -0.2) is 0 Å². The zero-order chi connectivity index (χ0) is 14.5. The quantitative estimate of drug-likeness (QED) is 0.816. The lowest BCUT2D eigenvalue weighted by Gasteiger charge is -2.34. The molecule has 1 fully saturated rings. The molecule has 0 saturated carbocycles. The van der Waals surface area contributed by atoms with Crippen LogP contribution in [-0.2, 0) is 0 Å². The molecule has 0 amide bonds. The summed E-state index contributed by atoms with van der Waals surface area (Å²) in [6.45, 7) is 2.24. The fraction of sp³-hybridized carbons (Fsp3) is 0.562. The maximum absolute atomic E-state index is 5.84. The Balaban J connectivity index is 2.19. The van der Waals surface area contributed by atoms with Crippen LogP contribution in [0.2, 0.25) is 0 Å². The molecule has 2 rings (SSSR count). The number of rotatable bonds is 6. The normalized spacial score (nSPS) is 21.2. The second-order valence-electron chi connectivity index (χ2n) is 5.89. The Kier molecular flexibility index (Phi) is 5.52. The molecule has 3 nitrogen and oxygen atoms in total. The number of likely N-dealkylation sites (N-methyl/N-ethyl adjacent to an activating group) is 1. The van der Waals surface area contributed by atoms with E-state index in [4.69, 9.17) is 18.0 Å². The van der Waals surface area contributed by atoms with Gasteiger partial charge in [0.05, 0.1) is 4.99 Å². The Morgan fingerprint density at radius 3 is 2.70 bits per heavy atom. The van der Waals surface area contributed by atoms with Crippen molar-refractivity contribution in [3.05, 3.63) is 35.9 Å². The second kappa shape index (κ2) is 7.16. The summed E-state index contributed by atoms with van der Waals surface area (Å²) in [5, 5.41) is 0. The minimum absolute atomic E-state index is 0.321. The minimum Gasteiger partial charge on any atom is -0.393 e. The van der Waals surface area contributed by atoms with E-state index in [9.17, 15) is 0 Å². The third-order valence-corrected chi connectivity index (χ3v) is 4.14. The molecule has 1 aromatic rings. The van der Waals surface area contributed by atoms with Crippen molar-refractivity contribution in [1.29, 1.82) is 0 Å². The van der Waals surface area contributed by atoms with E-state index in [0.29, 0.717) is 17.1 Å². The smallest absolute Gasteiger partial charge is 0.0746 e. The van der Waals surface area contributed by atoms with E-state index in [-0.39, 0.29) is 0 Å². The molecule has 20 heavy (non-hydrogen) atoms. The molecule has 4 heteroatoms. The van der Waals surface area contributed by atoms with E-state index in [1.165, 1.54) is 18.4 Å². The summed E-state index contributed by atoms with van der Waals surface area (Å²) < 4.78 is 0. The number of benzene rings is 1. The van der Waals surface area contributed by atoms with Gasteiger partial charge < -0.3 is 10.6 Å². The Morgan fingerprint density at radius 1 is 1.40 bits per heavy atom. The molecule has 1 aliphatic rings. The molecular weight excluding hydrogens is 266 g/mol. The molecule has 2 unspecified atom stereocenters. The highest BCUT2D eigenvalue weighted by Crippen LogP contribution is 2.32. The highest BCUT2D eigenvalue weighted by Gasteiger charge is 2.31. The zero-order valence-corrected chi connectivity index (χ0v) is 13.3. The molecule has 2 atom stereocenters. The van der Waals surface area contributed by atoms with E-state index < -0.39 is 0 Å². The van der Waals surface area contributed by atoms with Gasteiger partial charge in [0.1, 0.15) is 0 Å². The molecule has 1 aromatic carbocycles. The molecule has 0 spiro atoms. The minimum atomic E-state index is 0.321. The van der Waals surface area contributed by atoms with Gasteiger partial charge in [-0.2, -0.15) is 0 Å². The number of thiocarbonyl (C=S) groups is 1. The monoisotopic (exact) mass is 291 g/mol. The highest BCUT2D eigenvalue weighted by molar-refractivity contribution is 7.80. The van der Waals surface area contributed by atoms with Gasteiger partial charge in [-0.3, -0.25) is 4.90 Å². The van der Waals surface area contributed by atoms with Crippen LogP contribution in [0.1, 0.15) is 30.9 Å². The van der Waals surface area contributed by atoms with E-state index in [2.05, 4.69) is 54.2 Å². The second-order valence-corrected chi connectivity index (χ2v) is 6.42. The van der Waals surface area contributed by atoms with Crippen molar-refractivity contribution in [3.63, 3.8) is 0 Å². The summed E-state index contributed by atoms with van der Waals surface area (Å²) in [7, 11) is 4.28. The first-order valence-corrected chi connectivity index (χ1v) is 7.72. The first-order valence-electron chi connectivity index (χ1n) is 7.31. The SMILES string of the molecule is CN(C)CC1CCCN1C(CC(N)=S)c1ccccc1. The van der Waals surface area contributed by atoms with Crippen LogP contribution in [0.4, 0.5) is 0 Å². The average Bonchev–Trinajstić information content (AvgIpc) is 2.84. The summed E-state index contributed by atoms with van der Waals surface area (Å²) >= 11 is 5.17. The van der Waals surface area contributed by atoms with Crippen LogP contribution < -0.4 is 5.73 Å².